The molecule has 2 rings (SSSR count). The van der Waals surface area contributed by atoms with Crippen LogP contribution >= 0.6 is 11.3 Å². The highest BCUT2D eigenvalue weighted by atomic mass is 32.1. The Morgan fingerprint density at radius 1 is 1.21 bits per heavy atom. The number of carbonyl (C=O) groups is 2. The van der Waals surface area contributed by atoms with Crippen LogP contribution in [0.5, 0.6) is 0 Å². The average Bonchev–Trinajstić information content (AvgIpc) is 3.04. The highest BCUT2D eigenvalue weighted by molar-refractivity contribution is 7.08. The molecule has 8 heteroatoms. The first-order chi connectivity index (χ1) is 13.6. The summed E-state index contributed by atoms with van der Waals surface area (Å²) in [4.78, 5) is 31.0. The number of amides is 1. The molecule has 158 valence electrons. The van der Waals surface area contributed by atoms with Gasteiger partial charge in [-0.05, 0) is 57.4 Å². The minimum Gasteiger partial charge on any atom is -0.444 e. The number of anilines is 1. The standard InChI is InChI=1S/C21H30N4O3S/c1-21(2,3)28-20(27)24-18-14-29-13-16(18)10-19(26)17-7-6-15(12-23-17)11-22-8-9-25(4)5/h6-7,12-14,22H,8-11H2,1-5H3,(H,24,27). The van der Waals surface area contributed by atoms with Crippen molar-refractivity contribution in [3.63, 3.8) is 0 Å². The first-order valence-corrected chi connectivity index (χ1v) is 10.5. The van der Waals surface area contributed by atoms with Crippen LogP contribution in [0, 0.1) is 0 Å². The van der Waals surface area contributed by atoms with Crippen molar-refractivity contribution in [1.82, 2.24) is 15.2 Å². The smallest absolute Gasteiger partial charge is 0.412 e. The summed E-state index contributed by atoms with van der Waals surface area (Å²) in [6.45, 7) is 7.97. The molecule has 0 saturated heterocycles. The van der Waals surface area contributed by atoms with E-state index in [4.69, 9.17) is 4.74 Å². The molecule has 1 amide bonds. The summed E-state index contributed by atoms with van der Waals surface area (Å²) in [5.74, 6) is -0.0947. The van der Waals surface area contributed by atoms with Gasteiger partial charge in [0.05, 0.1) is 5.69 Å². The predicted molar refractivity (Wildman–Crippen MR) is 117 cm³/mol. The van der Waals surface area contributed by atoms with Gasteiger partial charge in [0.1, 0.15) is 11.3 Å². The van der Waals surface area contributed by atoms with E-state index >= 15 is 0 Å². The average molecular weight is 419 g/mol. The van der Waals surface area contributed by atoms with E-state index in [1.165, 1.54) is 11.3 Å². The molecule has 0 spiro atoms. The van der Waals surface area contributed by atoms with Gasteiger partial charge in [0, 0.05) is 37.6 Å². The second-order valence-corrected chi connectivity index (χ2v) is 8.81. The third-order valence-corrected chi connectivity index (χ3v) is 4.70. The van der Waals surface area contributed by atoms with Crippen molar-refractivity contribution in [1.29, 1.82) is 0 Å². The number of pyridine rings is 1. The third kappa shape index (κ3) is 8.31. The van der Waals surface area contributed by atoms with Crippen molar-refractivity contribution in [2.24, 2.45) is 0 Å². The van der Waals surface area contributed by atoms with Crippen LogP contribution in [-0.2, 0) is 17.7 Å². The van der Waals surface area contributed by atoms with Crippen molar-refractivity contribution in [3.05, 3.63) is 45.9 Å². The topological polar surface area (TPSA) is 83.6 Å². The number of ketones is 1. The van der Waals surface area contributed by atoms with Gasteiger partial charge in [-0.15, -0.1) is 11.3 Å². The van der Waals surface area contributed by atoms with Crippen LogP contribution in [0.2, 0.25) is 0 Å². The maximum absolute atomic E-state index is 12.6. The number of hydrogen-bond acceptors (Lipinski definition) is 7. The van der Waals surface area contributed by atoms with Crippen molar-refractivity contribution in [2.45, 2.75) is 39.3 Å². The van der Waals surface area contributed by atoms with Gasteiger partial charge in [-0.2, -0.15) is 0 Å². The molecule has 0 bridgehead atoms. The first kappa shape index (κ1) is 23.0. The molecule has 2 N–H and O–H groups in total. The van der Waals surface area contributed by atoms with Crippen LogP contribution in [0.15, 0.2) is 29.1 Å². The normalized spacial score (nSPS) is 11.5. The molecule has 2 heterocycles. The summed E-state index contributed by atoms with van der Waals surface area (Å²) in [7, 11) is 4.07. The van der Waals surface area contributed by atoms with Gasteiger partial charge in [0.25, 0.3) is 0 Å². The molecular weight excluding hydrogens is 388 g/mol. The number of Topliss-reactive ketones (excluding diaryl/α,β-unsaturated/α-hetero) is 1. The molecule has 0 aliphatic rings. The molecule has 0 aromatic carbocycles. The molecule has 2 aromatic rings. The van der Waals surface area contributed by atoms with Gasteiger partial charge in [-0.3, -0.25) is 15.1 Å². The van der Waals surface area contributed by atoms with Crippen LogP contribution in [0.4, 0.5) is 10.5 Å². The molecular formula is C21H30N4O3S. The number of likely N-dealkylation sites (N-methyl/N-ethyl adjacent to an activating group) is 1. The van der Waals surface area contributed by atoms with Crippen LogP contribution in [0.1, 0.15) is 42.4 Å². The summed E-state index contributed by atoms with van der Waals surface area (Å²) in [5, 5.41) is 9.71. The number of aromatic nitrogens is 1. The molecule has 0 atom stereocenters. The highest BCUT2D eigenvalue weighted by Gasteiger charge is 2.19. The fourth-order valence-electron chi connectivity index (χ4n) is 2.48. The van der Waals surface area contributed by atoms with Crippen molar-refractivity contribution in [3.8, 4) is 0 Å². The zero-order chi connectivity index (χ0) is 21.4. The van der Waals surface area contributed by atoms with Gasteiger partial charge < -0.3 is 15.0 Å². The zero-order valence-corrected chi connectivity index (χ0v) is 18.6. The Balaban J connectivity index is 1.90. The highest BCUT2D eigenvalue weighted by Crippen LogP contribution is 2.23. The predicted octanol–water partition coefficient (Wildman–Crippen LogP) is 3.57. The molecule has 29 heavy (non-hydrogen) atoms. The summed E-state index contributed by atoms with van der Waals surface area (Å²) in [5.41, 5.74) is 2.21. The van der Waals surface area contributed by atoms with Gasteiger partial charge in [-0.1, -0.05) is 6.07 Å². The van der Waals surface area contributed by atoms with Gasteiger partial charge in [-0.25, -0.2) is 4.79 Å². The monoisotopic (exact) mass is 418 g/mol. The maximum atomic E-state index is 12.6. The molecule has 7 nitrogen and oxygen atoms in total. The molecule has 0 aliphatic heterocycles. The number of hydrogen-bond donors (Lipinski definition) is 2. The lowest BCUT2D eigenvalue weighted by molar-refractivity contribution is 0.0635. The Bertz CT molecular complexity index is 810. The second kappa shape index (κ2) is 10.5. The number of thiophene rings is 1. The summed E-state index contributed by atoms with van der Waals surface area (Å²) >= 11 is 1.42. The molecule has 2 aromatic heterocycles. The minimum atomic E-state index is -0.580. The summed E-state index contributed by atoms with van der Waals surface area (Å²) in [6.07, 6.45) is 1.36. The van der Waals surface area contributed by atoms with E-state index in [0.717, 1.165) is 24.2 Å². The number of ether oxygens (including phenoxy) is 1. The lowest BCUT2D eigenvalue weighted by Gasteiger charge is -2.19. The third-order valence-electron chi connectivity index (χ3n) is 3.90. The number of carbonyl (C=O) groups excluding carboxylic acids is 2. The Kier molecular flexibility index (Phi) is 8.31. The van der Waals surface area contributed by atoms with E-state index in [0.29, 0.717) is 17.9 Å². The van der Waals surface area contributed by atoms with Gasteiger partial charge in [0.15, 0.2) is 5.78 Å². The summed E-state index contributed by atoms with van der Waals surface area (Å²) in [6, 6.07) is 3.66. The Morgan fingerprint density at radius 3 is 2.59 bits per heavy atom. The van der Waals surface area contributed by atoms with E-state index < -0.39 is 11.7 Å². The Morgan fingerprint density at radius 2 is 1.97 bits per heavy atom. The van der Waals surface area contributed by atoms with Crippen LogP contribution < -0.4 is 10.6 Å². The Labute approximate surface area is 176 Å². The SMILES string of the molecule is CN(C)CCNCc1ccc(C(=O)Cc2cscc2NC(=O)OC(C)(C)C)nc1. The number of nitrogens with one attached hydrogen (secondary N) is 2. The van der Waals surface area contributed by atoms with Gasteiger partial charge >= 0.3 is 6.09 Å². The van der Waals surface area contributed by atoms with E-state index in [2.05, 4.69) is 20.5 Å². The molecule has 0 radical (unpaired) electrons. The molecule has 0 unspecified atom stereocenters. The molecule has 0 aliphatic carbocycles. The second-order valence-electron chi connectivity index (χ2n) is 8.07. The maximum Gasteiger partial charge on any atom is 0.412 e. The van der Waals surface area contributed by atoms with E-state index in [1.54, 1.807) is 38.4 Å². The van der Waals surface area contributed by atoms with Crippen molar-refractivity contribution >= 4 is 28.9 Å². The quantitative estimate of drug-likeness (QED) is 0.478. The minimum absolute atomic E-state index is 0.0947. The summed E-state index contributed by atoms with van der Waals surface area (Å²) < 4.78 is 5.27. The van der Waals surface area contributed by atoms with Crippen LogP contribution in [0.25, 0.3) is 0 Å². The van der Waals surface area contributed by atoms with E-state index in [-0.39, 0.29) is 12.2 Å². The lowest BCUT2D eigenvalue weighted by Crippen LogP contribution is -2.27. The Hall–Kier alpha value is -2.29. The number of nitrogens with zero attached hydrogens (tertiary/aromatic N) is 2. The van der Waals surface area contributed by atoms with E-state index in [1.807, 2.05) is 25.5 Å². The first-order valence-electron chi connectivity index (χ1n) is 9.52. The van der Waals surface area contributed by atoms with Crippen molar-refractivity contribution < 1.29 is 14.3 Å². The van der Waals surface area contributed by atoms with E-state index in [9.17, 15) is 9.59 Å². The lowest BCUT2D eigenvalue weighted by atomic mass is 10.1. The molecule has 0 saturated carbocycles. The fourth-order valence-corrected chi connectivity index (χ4v) is 3.27. The van der Waals surface area contributed by atoms with Crippen LogP contribution in [0.3, 0.4) is 0 Å². The fraction of sp³-hybridized carbons (Fsp3) is 0.476. The largest absolute Gasteiger partial charge is 0.444 e. The van der Waals surface area contributed by atoms with Gasteiger partial charge in [0.2, 0.25) is 0 Å². The van der Waals surface area contributed by atoms with Crippen molar-refractivity contribution in [2.75, 3.05) is 32.5 Å². The number of rotatable bonds is 9. The molecule has 0 fully saturated rings. The zero-order valence-electron chi connectivity index (χ0n) is 17.7. The van der Waals surface area contributed by atoms with Crippen LogP contribution in [-0.4, -0.2) is 54.5 Å².